The summed E-state index contributed by atoms with van der Waals surface area (Å²) >= 11 is 0. The molecule has 2 nitrogen and oxygen atoms in total. The molecule has 0 atom stereocenters. The highest BCUT2D eigenvalue weighted by molar-refractivity contribution is 5.85. The first-order valence-electron chi connectivity index (χ1n) is 6.02. The van der Waals surface area contributed by atoms with E-state index in [1.165, 1.54) is 16.5 Å². The van der Waals surface area contributed by atoms with Crippen molar-refractivity contribution in [2.75, 3.05) is 0 Å². The summed E-state index contributed by atoms with van der Waals surface area (Å²) in [4.78, 5) is 0. The van der Waals surface area contributed by atoms with Crippen molar-refractivity contribution in [3.63, 3.8) is 0 Å². The zero-order valence-electron chi connectivity index (χ0n) is 10.7. The Labute approximate surface area is 109 Å². The number of aromatic nitrogens is 1. The molecule has 1 aromatic carbocycles. The van der Waals surface area contributed by atoms with Crippen molar-refractivity contribution in [3.05, 3.63) is 36.0 Å². The summed E-state index contributed by atoms with van der Waals surface area (Å²) in [7, 11) is 0. The van der Waals surface area contributed by atoms with Gasteiger partial charge in [-0.05, 0) is 18.6 Å². The van der Waals surface area contributed by atoms with Crippen molar-refractivity contribution >= 4 is 23.3 Å². The number of benzene rings is 1. The summed E-state index contributed by atoms with van der Waals surface area (Å²) in [6, 6.07) is 9.15. The Kier molecular flexibility index (Phi) is 5.03. The molecule has 2 rings (SSSR count). The van der Waals surface area contributed by atoms with Crippen LogP contribution in [0.3, 0.4) is 0 Å². The van der Waals surface area contributed by atoms with E-state index in [0.29, 0.717) is 6.04 Å². The Bertz CT molecular complexity index is 474. The van der Waals surface area contributed by atoms with Crippen molar-refractivity contribution < 1.29 is 0 Å². The van der Waals surface area contributed by atoms with Crippen LogP contribution in [0, 0.1) is 0 Å². The lowest BCUT2D eigenvalue weighted by atomic mass is 10.2. The number of fused-ring (bicyclic) bond motifs is 1. The molecule has 17 heavy (non-hydrogen) atoms. The topological polar surface area (TPSA) is 17.0 Å². The summed E-state index contributed by atoms with van der Waals surface area (Å²) in [5.41, 5.74) is 2.73. The predicted octanol–water partition coefficient (Wildman–Crippen LogP) is 3.58. The van der Waals surface area contributed by atoms with Gasteiger partial charge in [0.15, 0.2) is 0 Å². The summed E-state index contributed by atoms with van der Waals surface area (Å²) in [6.45, 7) is 8.53. The van der Waals surface area contributed by atoms with Gasteiger partial charge in [-0.3, -0.25) is 0 Å². The van der Waals surface area contributed by atoms with E-state index in [-0.39, 0.29) is 12.4 Å². The lowest BCUT2D eigenvalue weighted by Gasteiger charge is -2.06. The highest BCUT2D eigenvalue weighted by Gasteiger charge is 2.06. The molecule has 1 N–H and O–H groups in total. The fourth-order valence-corrected chi connectivity index (χ4v) is 2.04. The quantitative estimate of drug-likeness (QED) is 0.880. The lowest BCUT2D eigenvalue weighted by molar-refractivity contribution is 0.589. The summed E-state index contributed by atoms with van der Waals surface area (Å²) < 4.78 is 2.31. The molecule has 0 radical (unpaired) electrons. The Hall–Kier alpha value is -0.990. The molecule has 0 amide bonds. The fourth-order valence-electron chi connectivity index (χ4n) is 2.04. The van der Waals surface area contributed by atoms with E-state index in [4.69, 9.17) is 0 Å². The molecular weight excluding hydrogens is 232 g/mol. The van der Waals surface area contributed by atoms with Gasteiger partial charge in [-0.1, -0.05) is 32.0 Å². The van der Waals surface area contributed by atoms with Crippen LogP contribution in [0.25, 0.3) is 10.9 Å². The summed E-state index contributed by atoms with van der Waals surface area (Å²) in [5, 5.41) is 4.85. The van der Waals surface area contributed by atoms with Crippen LogP contribution >= 0.6 is 12.4 Å². The molecule has 1 heterocycles. The van der Waals surface area contributed by atoms with Crippen LogP contribution in [-0.2, 0) is 13.1 Å². The van der Waals surface area contributed by atoms with Crippen LogP contribution in [0.4, 0.5) is 0 Å². The molecule has 0 unspecified atom stereocenters. The Morgan fingerprint density at radius 3 is 2.59 bits per heavy atom. The second kappa shape index (κ2) is 6.08. The highest BCUT2D eigenvalue weighted by atomic mass is 35.5. The van der Waals surface area contributed by atoms with Gasteiger partial charge in [-0.2, -0.15) is 0 Å². The van der Waals surface area contributed by atoms with Gasteiger partial charge in [0.05, 0.1) is 0 Å². The minimum Gasteiger partial charge on any atom is -0.347 e. The number of nitrogens with zero attached hydrogens (tertiary/aromatic N) is 1. The first-order chi connectivity index (χ1) is 7.72. The maximum atomic E-state index is 3.48. The Morgan fingerprint density at radius 1 is 1.24 bits per heavy atom. The highest BCUT2D eigenvalue weighted by Crippen LogP contribution is 2.21. The maximum Gasteiger partial charge on any atom is 0.0483 e. The smallest absolute Gasteiger partial charge is 0.0483 e. The van der Waals surface area contributed by atoms with Crippen LogP contribution in [0.2, 0.25) is 0 Å². The maximum absolute atomic E-state index is 3.48. The van der Waals surface area contributed by atoms with Gasteiger partial charge in [0, 0.05) is 36.2 Å². The lowest BCUT2D eigenvalue weighted by Crippen LogP contribution is -2.21. The monoisotopic (exact) mass is 252 g/mol. The molecule has 3 heteroatoms. The Morgan fingerprint density at radius 2 is 1.94 bits per heavy atom. The molecule has 0 aliphatic heterocycles. The van der Waals surface area contributed by atoms with Gasteiger partial charge >= 0.3 is 0 Å². The minimum atomic E-state index is 0. The van der Waals surface area contributed by atoms with E-state index >= 15 is 0 Å². The predicted molar refractivity (Wildman–Crippen MR) is 76.8 cm³/mol. The summed E-state index contributed by atoms with van der Waals surface area (Å²) in [6.07, 6.45) is 2.26. The third-order valence-electron chi connectivity index (χ3n) is 2.91. The van der Waals surface area contributed by atoms with Crippen molar-refractivity contribution in [1.29, 1.82) is 0 Å². The molecule has 0 saturated heterocycles. The van der Waals surface area contributed by atoms with Gasteiger partial charge in [-0.25, -0.2) is 0 Å². The van der Waals surface area contributed by atoms with Crippen molar-refractivity contribution in [1.82, 2.24) is 9.88 Å². The fraction of sp³-hybridized carbons (Fsp3) is 0.429. The van der Waals surface area contributed by atoms with Gasteiger partial charge < -0.3 is 9.88 Å². The van der Waals surface area contributed by atoms with Gasteiger partial charge in [0.1, 0.15) is 0 Å². The normalized spacial score (nSPS) is 10.8. The zero-order chi connectivity index (χ0) is 11.5. The van der Waals surface area contributed by atoms with Gasteiger partial charge in [0.2, 0.25) is 0 Å². The van der Waals surface area contributed by atoms with E-state index in [0.717, 1.165) is 13.1 Å². The molecular formula is C14H21ClN2. The number of para-hydroxylation sites is 1. The van der Waals surface area contributed by atoms with Gasteiger partial charge in [-0.15, -0.1) is 12.4 Å². The van der Waals surface area contributed by atoms with Crippen LogP contribution < -0.4 is 5.32 Å². The molecule has 0 spiro atoms. The second-order valence-corrected chi connectivity index (χ2v) is 4.49. The van der Waals surface area contributed by atoms with Crippen LogP contribution in [0.1, 0.15) is 26.3 Å². The zero-order valence-corrected chi connectivity index (χ0v) is 11.6. The standard InChI is InChI=1S/C14H20N2.ClH/c1-4-16-10-12(9-15-11(2)3)13-7-5-6-8-14(13)16;/h5-8,10-11,15H,4,9H2,1-3H3;1H. The number of nitrogens with one attached hydrogen (secondary N) is 1. The summed E-state index contributed by atoms with van der Waals surface area (Å²) in [5.74, 6) is 0. The van der Waals surface area contributed by atoms with Gasteiger partial charge in [0.25, 0.3) is 0 Å². The van der Waals surface area contributed by atoms with Crippen LogP contribution in [-0.4, -0.2) is 10.6 Å². The molecule has 1 aromatic heterocycles. The largest absolute Gasteiger partial charge is 0.347 e. The molecule has 0 fully saturated rings. The van der Waals surface area contributed by atoms with Crippen LogP contribution in [0.15, 0.2) is 30.5 Å². The SMILES string of the molecule is CCn1cc(CNC(C)C)c2ccccc21.Cl. The first-order valence-corrected chi connectivity index (χ1v) is 6.02. The number of rotatable bonds is 4. The number of aryl methyl sites for hydroxylation is 1. The van der Waals surface area contributed by atoms with E-state index in [2.05, 4.69) is 61.1 Å². The van der Waals surface area contributed by atoms with Crippen molar-refractivity contribution in [3.8, 4) is 0 Å². The third-order valence-corrected chi connectivity index (χ3v) is 2.91. The van der Waals surface area contributed by atoms with Crippen LogP contribution in [0.5, 0.6) is 0 Å². The molecule has 2 aromatic rings. The average molecular weight is 253 g/mol. The first kappa shape index (κ1) is 14.1. The molecule has 0 aliphatic rings. The molecule has 0 bridgehead atoms. The number of hydrogen-bond donors (Lipinski definition) is 1. The minimum absolute atomic E-state index is 0. The third kappa shape index (κ3) is 3.02. The average Bonchev–Trinajstić information content (AvgIpc) is 2.65. The van der Waals surface area contributed by atoms with E-state index in [1.807, 2.05) is 0 Å². The number of halogens is 1. The molecule has 94 valence electrons. The van der Waals surface area contributed by atoms with E-state index < -0.39 is 0 Å². The second-order valence-electron chi connectivity index (χ2n) is 4.49. The molecule has 0 saturated carbocycles. The molecule has 0 aliphatic carbocycles. The van der Waals surface area contributed by atoms with E-state index in [1.54, 1.807) is 0 Å². The van der Waals surface area contributed by atoms with E-state index in [9.17, 15) is 0 Å². The van der Waals surface area contributed by atoms with Crippen molar-refractivity contribution in [2.24, 2.45) is 0 Å². The Balaban J connectivity index is 0.00000144. The van der Waals surface area contributed by atoms with Crippen molar-refractivity contribution in [2.45, 2.75) is 39.9 Å². The number of hydrogen-bond acceptors (Lipinski definition) is 1.